The lowest BCUT2D eigenvalue weighted by Gasteiger charge is -2.16. The molecular formula is C21H24N4OS. The number of nitrogens with one attached hydrogen (secondary N) is 3. The van der Waals surface area contributed by atoms with E-state index in [9.17, 15) is 4.79 Å². The molecule has 0 fully saturated rings. The van der Waals surface area contributed by atoms with Gasteiger partial charge in [-0.1, -0.05) is 43.3 Å². The monoisotopic (exact) mass is 380 g/mol. The van der Waals surface area contributed by atoms with Crippen LogP contribution in [0.25, 0.3) is 10.9 Å². The number of carbonyl (C=O) groups is 1. The highest BCUT2D eigenvalue weighted by Crippen LogP contribution is 2.21. The smallest absolute Gasteiger partial charge is 0.258 e. The van der Waals surface area contributed by atoms with Crippen LogP contribution in [0.2, 0.25) is 0 Å². The average molecular weight is 381 g/mol. The number of hydrazine groups is 1. The van der Waals surface area contributed by atoms with Crippen LogP contribution in [-0.4, -0.2) is 15.6 Å². The Morgan fingerprint density at radius 1 is 1.07 bits per heavy atom. The summed E-state index contributed by atoms with van der Waals surface area (Å²) >= 11 is 5.33. The van der Waals surface area contributed by atoms with Crippen molar-refractivity contribution >= 4 is 39.8 Å². The molecule has 0 atom stereocenters. The van der Waals surface area contributed by atoms with Gasteiger partial charge in [-0.3, -0.25) is 15.6 Å². The summed E-state index contributed by atoms with van der Waals surface area (Å²) in [7, 11) is 0. The molecule has 0 aliphatic heterocycles. The highest BCUT2D eigenvalue weighted by Gasteiger charge is 2.10. The van der Waals surface area contributed by atoms with E-state index in [1.54, 1.807) is 0 Å². The number of para-hydroxylation sites is 2. The molecular weight excluding hydrogens is 356 g/mol. The second-order valence-corrected chi connectivity index (χ2v) is 6.93. The Bertz CT molecular complexity index is 993. The van der Waals surface area contributed by atoms with Gasteiger partial charge in [0.05, 0.1) is 0 Å². The minimum atomic E-state index is -0.163. The van der Waals surface area contributed by atoms with Crippen molar-refractivity contribution in [1.29, 1.82) is 0 Å². The molecule has 27 heavy (non-hydrogen) atoms. The van der Waals surface area contributed by atoms with Crippen molar-refractivity contribution in [3.63, 3.8) is 0 Å². The molecule has 3 aromatic rings. The number of rotatable bonds is 4. The molecule has 6 heteroatoms. The van der Waals surface area contributed by atoms with Crippen LogP contribution >= 0.6 is 12.2 Å². The van der Waals surface area contributed by atoms with Crippen molar-refractivity contribution in [2.45, 2.75) is 33.7 Å². The van der Waals surface area contributed by atoms with E-state index in [1.807, 2.05) is 54.8 Å². The zero-order valence-corrected chi connectivity index (χ0v) is 16.6. The first-order valence-corrected chi connectivity index (χ1v) is 9.39. The summed E-state index contributed by atoms with van der Waals surface area (Å²) in [6.45, 7) is 6.35. The van der Waals surface area contributed by atoms with Crippen LogP contribution in [0.3, 0.4) is 0 Å². The van der Waals surface area contributed by atoms with Crippen LogP contribution in [-0.2, 0) is 17.8 Å². The van der Waals surface area contributed by atoms with Crippen molar-refractivity contribution in [1.82, 2.24) is 15.4 Å². The van der Waals surface area contributed by atoms with Gasteiger partial charge in [-0.2, -0.15) is 0 Å². The minimum Gasteiger partial charge on any atom is -0.335 e. The van der Waals surface area contributed by atoms with E-state index in [0.717, 1.165) is 34.3 Å². The van der Waals surface area contributed by atoms with Gasteiger partial charge in [-0.15, -0.1) is 0 Å². The van der Waals surface area contributed by atoms with Gasteiger partial charge in [-0.05, 0) is 61.1 Å². The van der Waals surface area contributed by atoms with Crippen molar-refractivity contribution in [2.75, 3.05) is 5.32 Å². The van der Waals surface area contributed by atoms with E-state index >= 15 is 0 Å². The zero-order chi connectivity index (χ0) is 19.4. The zero-order valence-electron chi connectivity index (χ0n) is 15.8. The number of hydrogen-bond donors (Lipinski definition) is 3. The number of carbonyl (C=O) groups excluding carboxylic acids is 1. The molecule has 3 rings (SSSR count). The summed E-state index contributed by atoms with van der Waals surface area (Å²) in [6, 6.07) is 16.2. The van der Waals surface area contributed by atoms with Crippen molar-refractivity contribution in [3.8, 4) is 0 Å². The van der Waals surface area contributed by atoms with Gasteiger partial charge >= 0.3 is 0 Å². The van der Waals surface area contributed by atoms with Crippen LogP contribution in [0.15, 0.2) is 48.5 Å². The molecule has 140 valence electrons. The predicted molar refractivity (Wildman–Crippen MR) is 115 cm³/mol. The van der Waals surface area contributed by atoms with Gasteiger partial charge in [0, 0.05) is 16.9 Å². The molecule has 0 unspecified atom stereocenters. The van der Waals surface area contributed by atoms with Crippen LogP contribution < -0.4 is 16.2 Å². The van der Waals surface area contributed by atoms with E-state index < -0.39 is 0 Å². The quantitative estimate of drug-likeness (QED) is 0.475. The summed E-state index contributed by atoms with van der Waals surface area (Å²) in [5, 5.41) is 4.67. The van der Waals surface area contributed by atoms with Gasteiger partial charge < -0.3 is 9.88 Å². The number of aromatic nitrogens is 1. The number of aryl methyl sites for hydroxylation is 3. The minimum absolute atomic E-state index is 0.163. The maximum absolute atomic E-state index is 12.4. The first kappa shape index (κ1) is 18.9. The third-order valence-corrected chi connectivity index (χ3v) is 4.82. The van der Waals surface area contributed by atoms with Crippen LogP contribution in [0.1, 0.15) is 23.7 Å². The number of thiocarbonyl (C=S) groups is 1. The number of amides is 1. The van der Waals surface area contributed by atoms with E-state index in [1.165, 1.54) is 5.56 Å². The summed E-state index contributed by atoms with van der Waals surface area (Å²) in [4.78, 5) is 12.4. The Hall–Kier alpha value is -2.86. The fourth-order valence-electron chi connectivity index (χ4n) is 3.21. The van der Waals surface area contributed by atoms with Gasteiger partial charge in [0.15, 0.2) is 5.11 Å². The molecule has 0 saturated carbocycles. The first-order valence-electron chi connectivity index (χ1n) is 8.98. The van der Waals surface area contributed by atoms with E-state index in [2.05, 4.69) is 35.2 Å². The maximum atomic E-state index is 12.4. The Morgan fingerprint density at radius 2 is 1.85 bits per heavy atom. The van der Waals surface area contributed by atoms with Crippen molar-refractivity contribution in [3.05, 3.63) is 65.4 Å². The molecule has 1 amide bonds. The van der Waals surface area contributed by atoms with Crippen molar-refractivity contribution in [2.24, 2.45) is 0 Å². The fraction of sp³-hybridized carbons (Fsp3) is 0.238. The van der Waals surface area contributed by atoms with E-state index in [-0.39, 0.29) is 12.5 Å². The molecule has 3 N–H and O–H groups in total. The molecule has 0 bridgehead atoms. The third kappa shape index (κ3) is 4.28. The largest absolute Gasteiger partial charge is 0.335 e. The SMILES string of the molecule is CCc1cccc(C)c1NC(=S)NNC(=O)Cn1c(C)cc2ccccc21. The molecule has 1 heterocycles. The standard InChI is InChI=1S/C21H24N4OS/c1-4-16-10-7-8-14(2)20(16)22-21(27)24-23-19(26)13-25-15(3)12-17-9-5-6-11-18(17)25/h5-12H,4,13H2,1-3H3,(H,23,26)(H2,22,24,27). The summed E-state index contributed by atoms with van der Waals surface area (Å²) in [5.41, 5.74) is 10.8. The first-order chi connectivity index (χ1) is 13.0. The molecule has 0 radical (unpaired) electrons. The van der Waals surface area contributed by atoms with E-state index in [0.29, 0.717) is 5.11 Å². The molecule has 2 aromatic carbocycles. The Kier molecular flexibility index (Phi) is 5.76. The lowest BCUT2D eigenvalue weighted by molar-refractivity contribution is -0.122. The van der Waals surface area contributed by atoms with Crippen molar-refractivity contribution < 1.29 is 4.79 Å². The molecule has 0 aliphatic carbocycles. The predicted octanol–water partition coefficient (Wildman–Crippen LogP) is 3.84. The third-order valence-electron chi connectivity index (χ3n) is 4.61. The highest BCUT2D eigenvalue weighted by molar-refractivity contribution is 7.80. The molecule has 0 spiro atoms. The number of nitrogens with zero attached hydrogens (tertiary/aromatic N) is 1. The van der Waals surface area contributed by atoms with Crippen LogP contribution in [0, 0.1) is 13.8 Å². The van der Waals surface area contributed by atoms with Crippen LogP contribution in [0.4, 0.5) is 5.69 Å². The second kappa shape index (κ2) is 8.22. The average Bonchev–Trinajstić information content (AvgIpc) is 2.97. The van der Waals surface area contributed by atoms with Crippen LogP contribution in [0.5, 0.6) is 0 Å². The molecule has 0 aliphatic rings. The molecule has 0 saturated heterocycles. The lowest BCUT2D eigenvalue weighted by atomic mass is 10.1. The maximum Gasteiger partial charge on any atom is 0.258 e. The molecule has 5 nitrogen and oxygen atoms in total. The lowest BCUT2D eigenvalue weighted by Crippen LogP contribution is -2.45. The summed E-state index contributed by atoms with van der Waals surface area (Å²) < 4.78 is 1.99. The highest BCUT2D eigenvalue weighted by atomic mass is 32.1. The number of anilines is 1. The van der Waals surface area contributed by atoms with E-state index in [4.69, 9.17) is 12.2 Å². The second-order valence-electron chi connectivity index (χ2n) is 6.52. The molecule has 1 aromatic heterocycles. The summed E-state index contributed by atoms with van der Waals surface area (Å²) in [5.74, 6) is -0.163. The van der Waals surface area contributed by atoms with Gasteiger partial charge in [-0.25, -0.2) is 0 Å². The number of fused-ring (bicyclic) bond motifs is 1. The Morgan fingerprint density at radius 3 is 2.63 bits per heavy atom. The van der Waals surface area contributed by atoms with Gasteiger partial charge in [0.1, 0.15) is 6.54 Å². The summed E-state index contributed by atoms with van der Waals surface area (Å²) in [6.07, 6.45) is 0.902. The normalized spacial score (nSPS) is 10.6. The number of hydrogen-bond acceptors (Lipinski definition) is 2. The Labute approximate surface area is 164 Å². The topological polar surface area (TPSA) is 58.1 Å². The van der Waals surface area contributed by atoms with Gasteiger partial charge in [0.25, 0.3) is 5.91 Å². The fourth-order valence-corrected chi connectivity index (χ4v) is 3.37. The number of benzene rings is 2. The van der Waals surface area contributed by atoms with Gasteiger partial charge in [0.2, 0.25) is 0 Å². The Balaban J connectivity index is 1.61.